The molecule has 4 nitrogen and oxygen atoms in total. The number of nitrogens with one attached hydrogen (secondary N) is 1. The Labute approximate surface area is 128 Å². The molecule has 0 radical (unpaired) electrons. The molecule has 5 heteroatoms. The first-order chi connectivity index (χ1) is 9.20. The van der Waals surface area contributed by atoms with Crippen molar-refractivity contribution in [1.82, 2.24) is 5.32 Å². The molecule has 1 aromatic rings. The average Bonchev–Trinajstić information content (AvgIpc) is 2.34. The van der Waals surface area contributed by atoms with Crippen molar-refractivity contribution >= 4 is 21.8 Å². The van der Waals surface area contributed by atoms with Gasteiger partial charge in [-0.25, -0.2) is 0 Å². The molecule has 0 spiro atoms. The number of ether oxygens (including phenoxy) is 1. The largest absolute Gasteiger partial charge is 0.481 e. The summed E-state index contributed by atoms with van der Waals surface area (Å²) in [5, 5.41) is 12.6. The van der Waals surface area contributed by atoms with E-state index in [-0.39, 0.29) is 17.9 Å². The van der Waals surface area contributed by atoms with Crippen LogP contribution in [0.25, 0.3) is 0 Å². The quantitative estimate of drug-likeness (QED) is 0.864. The van der Waals surface area contributed by atoms with Crippen LogP contribution in [0, 0.1) is 5.41 Å². The second-order valence-corrected chi connectivity index (χ2v) is 6.76. The highest BCUT2D eigenvalue weighted by atomic mass is 79.9. The van der Waals surface area contributed by atoms with Gasteiger partial charge in [-0.1, -0.05) is 42.8 Å². The highest BCUT2D eigenvalue weighted by molar-refractivity contribution is 9.10. The van der Waals surface area contributed by atoms with Crippen LogP contribution in [0.2, 0.25) is 0 Å². The van der Waals surface area contributed by atoms with Crippen LogP contribution in [0.4, 0.5) is 0 Å². The molecule has 0 bridgehead atoms. The van der Waals surface area contributed by atoms with Crippen LogP contribution in [0.5, 0.6) is 5.75 Å². The molecule has 0 aliphatic heterocycles. The summed E-state index contributed by atoms with van der Waals surface area (Å²) in [7, 11) is 0. The first-order valence-electron chi connectivity index (χ1n) is 6.58. The average molecular weight is 344 g/mol. The highest BCUT2D eigenvalue weighted by Gasteiger charge is 2.23. The minimum atomic E-state index is -0.614. The molecule has 1 aromatic carbocycles. The number of hydrogen-bond donors (Lipinski definition) is 2. The lowest BCUT2D eigenvalue weighted by Crippen LogP contribution is -2.43. The van der Waals surface area contributed by atoms with E-state index in [9.17, 15) is 9.90 Å². The molecule has 0 aliphatic carbocycles. The Balaban J connectivity index is 2.47. The summed E-state index contributed by atoms with van der Waals surface area (Å²) in [6.45, 7) is 7.66. The van der Waals surface area contributed by atoms with Gasteiger partial charge in [-0.3, -0.25) is 4.79 Å². The van der Waals surface area contributed by atoms with Gasteiger partial charge in [0.05, 0.1) is 6.10 Å². The van der Waals surface area contributed by atoms with E-state index >= 15 is 0 Å². The predicted octanol–water partition coefficient (Wildman–Crippen LogP) is 2.74. The summed E-state index contributed by atoms with van der Waals surface area (Å²) < 4.78 is 6.45. The number of carbonyl (C=O) groups excluding carboxylic acids is 1. The van der Waals surface area contributed by atoms with Crippen molar-refractivity contribution in [3.05, 3.63) is 28.7 Å². The van der Waals surface area contributed by atoms with Crippen LogP contribution in [0.15, 0.2) is 28.7 Å². The molecule has 0 aliphatic rings. The number of carbonyl (C=O) groups is 1. The van der Waals surface area contributed by atoms with Gasteiger partial charge < -0.3 is 15.2 Å². The third-order valence-electron chi connectivity index (χ3n) is 2.95. The number of halogens is 1. The number of amides is 1. The summed E-state index contributed by atoms with van der Waals surface area (Å²) in [5.41, 5.74) is -0.262. The Kier molecular flexibility index (Phi) is 6.02. The van der Waals surface area contributed by atoms with Gasteiger partial charge in [0.2, 0.25) is 0 Å². The molecule has 0 saturated carbocycles. The minimum absolute atomic E-state index is 0.217. The summed E-state index contributed by atoms with van der Waals surface area (Å²) >= 11 is 3.35. The van der Waals surface area contributed by atoms with Crippen LogP contribution in [0.1, 0.15) is 27.7 Å². The Hall–Kier alpha value is -1.07. The van der Waals surface area contributed by atoms with E-state index in [1.165, 1.54) is 0 Å². The van der Waals surface area contributed by atoms with Crippen molar-refractivity contribution in [3.63, 3.8) is 0 Å². The summed E-state index contributed by atoms with van der Waals surface area (Å²) in [6, 6.07) is 7.32. The first kappa shape index (κ1) is 17.0. The summed E-state index contributed by atoms with van der Waals surface area (Å²) in [5.74, 6) is 0.381. The van der Waals surface area contributed by atoms with Crippen LogP contribution < -0.4 is 10.1 Å². The van der Waals surface area contributed by atoms with E-state index in [1.54, 1.807) is 19.1 Å². The third-order valence-corrected chi connectivity index (χ3v) is 3.44. The lowest BCUT2D eigenvalue weighted by atomic mass is 9.89. The van der Waals surface area contributed by atoms with Gasteiger partial charge >= 0.3 is 0 Å². The molecule has 0 aromatic heterocycles. The van der Waals surface area contributed by atoms with Gasteiger partial charge in [-0.05, 0) is 30.5 Å². The molecule has 2 N–H and O–H groups in total. The zero-order valence-electron chi connectivity index (χ0n) is 12.3. The van der Waals surface area contributed by atoms with Crippen molar-refractivity contribution in [2.45, 2.75) is 39.9 Å². The fourth-order valence-electron chi connectivity index (χ4n) is 1.45. The Morgan fingerprint density at radius 3 is 2.65 bits per heavy atom. The molecule has 20 heavy (non-hydrogen) atoms. The zero-order valence-corrected chi connectivity index (χ0v) is 13.9. The number of rotatable bonds is 5. The Bertz CT molecular complexity index is 457. The standard InChI is InChI=1S/C15H22BrNO3/c1-10(20-12-7-5-6-11(16)8-12)14(19)17-9-13(18)15(2,3)4/h5-8,10,13,18H,9H2,1-4H3,(H,17,19). The van der Waals surface area contributed by atoms with Crippen LogP contribution in [-0.2, 0) is 4.79 Å². The van der Waals surface area contributed by atoms with Crippen molar-refractivity contribution < 1.29 is 14.6 Å². The maximum Gasteiger partial charge on any atom is 0.260 e. The second-order valence-electron chi connectivity index (χ2n) is 5.84. The fraction of sp³-hybridized carbons (Fsp3) is 0.533. The van der Waals surface area contributed by atoms with Crippen LogP contribution in [-0.4, -0.2) is 29.8 Å². The van der Waals surface area contributed by atoms with E-state index in [2.05, 4.69) is 21.2 Å². The molecular weight excluding hydrogens is 322 g/mol. The fourth-order valence-corrected chi connectivity index (χ4v) is 1.82. The molecule has 2 unspecified atom stereocenters. The van der Waals surface area contributed by atoms with Gasteiger partial charge in [0.1, 0.15) is 5.75 Å². The van der Waals surface area contributed by atoms with E-state index in [4.69, 9.17) is 4.74 Å². The maximum atomic E-state index is 11.9. The normalized spacial score (nSPS) is 14.5. The van der Waals surface area contributed by atoms with Crippen molar-refractivity contribution in [2.75, 3.05) is 6.54 Å². The van der Waals surface area contributed by atoms with Gasteiger partial charge in [-0.2, -0.15) is 0 Å². The molecule has 0 saturated heterocycles. The van der Waals surface area contributed by atoms with Gasteiger partial charge in [0, 0.05) is 11.0 Å². The van der Waals surface area contributed by atoms with Crippen molar-refractivity contribution in [1.29, 1.82) is 0 Å². The third kappa shape index (κ3) is 5.51. The Morgan fingerprint density at radius 1 is 1.45 bits per heavy atom. The topological polar surface area (TPSA) is 58.6 Å². The molecule has 2 atom stereocenters. The smallest absolute Gasteiger partial charge is 0.260 e. The molecule has 0 fully saturated rings. The zero-order chi connectivity index (χ0) is 15.3. The molecule has 1 amide bonds. The SMILES string of the molecule is CC(Oc1cccc(Br)c1)C(=O)NCC(O)C(C)(C)C. The van der Waals surface area contributed by atoms with E-state index in [1.807, 2.05) is 32.9 Å². The maximum absolute atomic E-state index is 11.9. The van der Waals surface area contributed by atoms with Crippen LogP contribution >= 0.6 is 15.9 Å². The second kappa shape index (κ2) is 7.09. The molecular formula is C15H22BrNO3. The number of hydrogen-bond acceptors (Lipinski definition) is 3. The van der Waals surface area contributed by atoms with E-state index in [0.717, 1.165) is 4.47 Å². The van der Waals surface area contributed by atoms with Crippen molar-refractivity contribution in [3.8, 4) is 5.75 Å². The van der Waals surface area contributed by atoms with Crippen molar-refractivity contribution in [2.24, 2.45) is 5.41 Å². The molecule has 0 heterocycles. The Morgan fingerprint density at radius 2 is 2.10 bits per heavy atom. The van der Waals surface area contributed by atoms with E-state index < -0.39 is 12.2 Å². The lowest BCUT2D eigenvalue weighted by molar-refractivity contribution is -0.128. The number of benzene rings is 1. The minimum Gasteiger partial charge on any atom is -0.481 e. The first-order valence-corrected chi connectivity index (χ1v) is 7.37. The molecule has 1 rings (SSSR count). The van der Waals surface area contributed by atoms with Gasteiger partial charge in [0.15, 0.2) is 6.10 Å². The summed E-state index contributed by atoms with van der Waals surface area (Å²) in [4.78, 5) is 11.9. The summed E-state index contributed by atoms with van der Waals surface area (Å²) in [6.07, 6.45) is -1.21. The van der Waals surface area contributed by atoms with E-state index in [0.29, 0.717) is 5.75 Å². The molecule has 112 valence electrons. The van der Waals surface area contributed by atoms with Gasteiger partial charge in [-0.15, -0.1) is 0 Å². The monoisotopic (exact) mass is 343 g/mol. The van der Waals surface area contributed by atoms with Crippen LogP contribution in [0.3, 0.4) is 0 Å². The number of aliphatic hydroxyl groups excluding tert-OH is 1. The highest BCUT2D eigenvalue weighted by Crippen LogP contribution is 2.19. The predicted molar refractivity (Wildman–Crippen MR) is 82.7 cm³/mol. The lowest BCUT2D eigenvalue weighted by Gasteiger charge is -2.26. The number of aliphatic hydroxyl groups is 1. The van der Waals surface area contributed by atoms with Gasteiger partial charge in [0.25, 0.3) is 5.91 Å².